The minimum absolute atomic E-state index is 0.112. The molecule has 1 aliphatic heterocycles. The summed E-state index contributed by atoms with van der Waals surface area (Å²) < 4.78 is 36.9. The fraction of sp³-hybridized carbons (Fsp3) is 0.318. The maximum Gasteiger partial charge on any atom is 0.387 e. The Bertz CT molecular complexity index is 1100. The zero-order chi connectivity index (χ0) is 22.0. The SMILES string of the molecule is Cc1ccc(C(C)C)c(OCc2nnc3n2N=C(c2ccc(OC(F)F)cc2)CS3)c1. The van der Waals surface area contributed by atoms with Crippen LogP contribution in [0, 0.1) is 6.92 Å². The maximum atomic E-state index is 12.4. The van der Waals surface area contributed by atoms with Gasteiger partial charge in [0.1, 0.15) is 18.1 Å². The summed E-state index contributed by atoms with van der Waals surface area (Å²) in [5, 5.41) is 13.8. The van der Waals surface area contributed by atoms with Gasteiger partial charge in [0.25, 0.3) is 0 Å². The van der Waals surface area contributed by atoms with Gasteiger partial charge in [0, 0.05) is 5.75 Å². The van der Waals surface area contributed by atoms with Crippen molar-refractivity contribution in [1.82, 2.24) is 14.9 Å². The summed E-state index contributed by atoms with van der Waals surface area (Å²) in [7, 11) is 0. The van der Waals surface area contributed by atoms with Crippen LogP contribution in [0.3, 0.4) is 0 Å². The molecule has 0 amide bonds. The molecule has 0 saturated carbocycles. The van der Waals surface area contributed by atoms with Crippen molar-refractivity contribution in [3.05, 3.63) is 65.0 Å². The molecule has 162 valence electrons. The highest BCUT2D eigenvalue weighted by Crippen LogP contribution is 2.29. The topological polar surface area (TPSA) is 61.5 Å². The normalized spacial score (nSPS) is 13.3. The Balaban J connectivity index is 1.54. The summed E-state index contributed by atoms with van der Waals surface area (Å²) in [5.41, 5.74) is 3.87. The third-order valence-electron chi connectivity index (χ3n) is 4.80. The van der Waals surface area contributed by atoms with E-state index in [2.05, 4.69) is 46.0 Å². The second kappa shape index (κ2) is 9.05. The lowest BCUT2D eigenvalue weighted by Crippen LogP contribution is -2.15. The molecule has 0 atom stereocenters. The first-order valence-electron chi connectivity index (χ1n) is 9.84. The molecule has 2 heterocycles. The van der Waals surface area contributed by atoms with Crippen molar-refractivity contribution in [3.63, 3.8) is 0 Å². The molecule has 2 aromatic carbocycles. The van der Waals surface area contributed by atoms with Crippen molar-refractivity contribution in [2.24, 2.45) is 5.10 Å². The van der Waals surface area contributed by atoms with Gasteiger partial charge in [-0.2, -0.15) is 18.6 Å². The van der Waals surface area contributed by atoms with E-state index in [1.807, 2.05) is 13.0 Å². The number of hydrogen-bond acceptors (Lipinski definition) is 6. The van der Waals surface area contributed by atoms with Crippen molar-refractivity contribution >= 4 is 17.5 Å². The summed E-state index contributed by atoms with van der Waals surface area (Å²) in [6.45, 7) is 3.66. The van der Waals surface area contributed by atoms with Crippen LogP contribution in [0.2, 0.25) is 0 Å². The molecule has 0 bridgehead atoms. The van der Waals surface area contributed by atoms with E-state index >= 15 is 0 Å². The summed E-state index contributed by atoms with van der Waals surface area (Å²) >= 11 is 1.51. The smallest absolute Gasteiger partial charge is 0.387 e. The van der Waals surface area contributed by atoms with Gasteiger partial charge >= 0.3 is 6.61 Å². The summed E-state index contributed by atoms with van der Waals surface area (Å²) in [5.74, 6) is 2.47. The molecule has 0 unspecified atom stereocenters. The van der Waals surface area contributed by atoms with Crippen LogP contribution in [0.5, 0.6) is 11.5 Å². The molecule has 31 heavy (non-hydrogen) atoms. The number of aromatic nitrogens is 3. The van der Waals surface area contributed by atoms with Gasteiger partial charge in [-0.3, -0.25) is 0 Å². The average molecular weight is 445 g/mol. The Labute approximate surface area is 183 Å². The number of benzene rings is 2. The van der Waals surface area contributed by atoms with E-state index in [0.717, 1.165) is 28.2 Å². The molecular weight excluding hydrogens is 422 g/mol. The van der Waals surface area contributed by atoms with Crippen LogP contribution in [-0.4, -0.2) is 32.9 Å². The van der Waals surface area contributed by atoms with Gasteiger partial charge in [0.15, 0.2) is 5.82 Å². The van der Waals surface area contributed by atoms with E-state index < -0.39 is 6.61 Å². The van der Waals surface area contributed by atoms with E-state index in [-0.39, 0.29) is 12.4 Å². The van der Waals surface area contributed by atoms with Gasteiger partial charge < -0.3 is 9.47 Å². The van der Waals surface area contributed by atoms with Crippen molar-refractivity contribution in [2.75, 3.05) is 5.75 Å². The molecule has 0 N–H and O–H groups in total. The molecule has 0 aliphatic carbocycles. The molecule has 0 spiro atoms. The second-order valence-corrected chi connectivity index (χ2v) is 8.38. The third-order valence-corrected chi connectivity index (χ3v) is 5.73. The van der Waals surface area contributed by atoms with Crippen molar-refractivity contribution in [1.29, 1.82) is 0 Å². The summed E-state index contributed by atoms with van der Waals surface area (Å²) in [4.78, 5) is 0. The number of fused-ring (bicyclic) bond motifs is 1. The van der Waals surface area contributed by atoms with E-state index in [9.17, 15) is 8.78 Å². The number of halogens is 2. The Morgan fingerprint density at radius 3 is 2.58 bits per heavy atom. The first-order chi connectivity index (χ1) is 14.9. The van der Waals surface area contributed by atoms with E-state index in [4.69, 9.17) is 4.74 Å². The first-order valence-corrected chi connectivity index (χ1v) is 10.8. The van der Waals surface area contributed by atoms with Crippen LogP contribution in [0.25, 0.3) is 0 Å². The molecule has 1 aromatic heterocycles. The highest BCUT2D eigenvalue weighted by atomic mass is 32.2. The fourth-order valence-corrected chi connectivity index (χ4v) is 4.07. The minimum atomic E-state index is -2.85. The van der Waals surface area contributed by atoms with Crippen LogP contribution < -0.4 is 9.47 Å². The van der Waals surface area contributed by atoms with Crippen LogP contribution in [-0.2, 0) is 6.61 Å². The predicted molar refractivity (Wildman–Crippen MR) is 115 cm³/mol. The van der Waals surface area contributed by atoms with Crippen molar-refractivity contribution in [3.8, 4) is 11.5 Å². The average Bonchev–Trinajstić information content (AvgIpc) is 3.14. The van der Waals surface area contributed by atoms with Gasteiger partial charge in [-0.15, -0.1) is 10.2 Å². The molecule has 4 rings (SSSR count). The molecule has 1 aliphatic rings. The number of ether oxygens (including phenoxy) is 2. The Morgan fingerprint density at radius 2 is 1.87 bits per heavy atom. The lowest BCUT2D eigenvalue weighted by atomic mass is 10.0. The summed E-state index contributed by atoms with van der Waals surface area (Å²) in [6.07, 6.45) is 0. The Hall–Kier alpha value is -2.94. The van der Waals surface area contributed by atoms with Gasteiger partial charge in [-0.25, -0.2) is 0 Å². The van der Waals surface area contributed by atoms with Gasteiger partial charge in [-0.05, 0) is 59.9 Å². The molecular formula is C22H22F2N4O2S. The highest BCUT2D eigenvalue weighted by molar-refractivity contribution is 7.99. The number of alkyl halides is 2. The molecule has 9 heteroatoms. The quantitative estimate of drug-likeness (QED) is 0.498. The van der Waals surface area contributed by atoms with Crippen LogP contribution in [0.4, 0.5) is 8.78 Å². The number of nitrogens with zero attached hydrogens (tertiary/aromatic N) is 4. The lowest BCUT2D eigenvalue weighted by molar-refractivity contribution is -0.0498. The molecule has 0 saturated heterocycles. The second-order valence-electron chi connectivity index (χ2n) is 7.43. The maximum absolute atomic E-state index is 12.4. The predicted octanol–water partition coefficient (Wildman–Crippen LogP) is 5.25. The number of rotatable bonds is 7. The van der Waals surface area contributed by atoms with E-state index in [1.54, 1.807) is 16.8 Å². The van der Waals surface area contributed by atoms with Crippen LogP contribution >= 0.6 is 11.8 Å². The van der Waals surface area contributed by atoms with E-state index in [0.29, 0.717) is 22.7 Å². The zero-order valence-corrected chi connectivity index (χ0v) is 18.2. The Morgan fingerprint density at radius 1 is 1.10 bits per heavy atom. The van der Waals surface area contributed by atoms with Gasteiger partial charge in [-0.1, -0.05) is 37.7 Å². The van der Waals surface area contributed by atoms with Crippen molar-refractivity contribution < 1.29 is 18.3 Å². The largest absolute Gasteiger partial charge is 0.485 e. The fourth-order valence-electron chi connectivity index (χ4n) is 3.21. The first kappa shape index (κ1) is 21.3. The zero-order valence-electron chi connectivity index (χ0n) is 17.4. The molecule has 6 nitrogen and oxygen atoms in total. The highest BCUT2D eigenvalue weighted by Gasteiger charge is 2.21. The Kier molecular flexibility index (Phi) is 6.22. The molecule has 0 radical (unpaired) electrons. The van der Waals surface area contributed by atoms with Gasteiger partial charge in [0.05, 0.1) is 5.71 Å². The van der Waals surface area contributed by atoms with Crippen molar-refractivity contribution in [2.45, 2.75) is 45.1 Å². The van der Waals surface area contributed by atoms with E-state index in [1.165, 1.54) is 23.9 Å². The number of thioether (sulfide) groups is 1. The lowest BCUT2D eigenvalue weighted by Gasteiger charge is -2.16. The molecule has 0 fully saturated rings. The molecule has 3 aromatic rings. The third kappa shape index (κ3) is 4.87. The number of hydrogen-bond donors (Lipinski definition) is 0. The number of aryl methyl sites for hydroxylation is 1. The summed E-state index contributed by atoms with van der Waals surface area (Å²) in [6, 6.07) is 12.6. The standard InChI is InChI=1S/C22H22F2N4O2S/c1-13(2)17-9-4-14(3)10-19(17)29-11-20-25-26-22-28(20)27-18(12-31-22)15-5-7-16(8-6-15)30-21(23)24/h4-10,13,21H,11-12H2,1-3H3. The van der Waals surface area contributed by atoms with Gasteiger partial charge in [0.2, 0.25) is 5.16 Å². The minimum Gasteiger partial charge on any atom is -0.485 e. The monoisotopic (exact) mass is 444 g/mol. The van der Waals surface area contributed by atoms with Crippen LogP contribution in [0.1, 0.15) is 42.3 Å². The van der Waals surface area contributed by atoms with Crippen LogP contribution in [0.15, 0.2) is 52.7 Å².